The second-order valence-electron chi connectivity index (χ2n) is 4.28. The van der Waals surface area contributed by atoms with Gasteiger partial charge in [-0.25, -0.2) is 0 Å². The summed E-state index contributed by atoms with van der Waals surface area (Å²) in [5.74, 6) is 1.51. The van der Waals surface area contributed by atoms with E-state index in [1.165, 1.54) is 5.56 Å². The molecule has 0 aliphatic rings. The topological polar surface area (TPSA) is 34.4 Å². The van der Waals surface area contributed by atoms with Crippen LogP contribution in [0.15, 0.2) is 16.7 Å². The maximum atomic E-state index is 5.38. The van der Waals surface area contributed by atoms with Gasteiger partial charge in [0, 0.05) is 25.3 Å². The molecule has 0 fully saturated rings. The van der Waals surface area contributed by atoms with E-state index in [4.69, 9.17) is 9.15 Å². The molecule has 0 aliphatic heterocycles. The number of ether oxygens (including phenoxy) is 1. The molecule has 0 saturated heterocycles. The van der Waals surface area contributed by atoms with Gasteiger partial charge in [-0.1, -0.05) is 13.8 Å². The lowest BCUT2D eigenvalue weighted by atomic mass is 9.93. The van der Waals surface area contributed by atoms with Gasteiger partial charge in [-0.3, -0.25) is 0 Å². The van der Waals surface area contributed by atoms with Crippen LogP contribution in [0, 0.1) is 12.8 Å². The van der Waals surface area contributed by atoms with Crippen molar-refractivity contribution in [2.45, 2.75) is 33.2 Å². The Morgan fingerprint density at radius 3 is 2.75 bits per heavy atom. The standard InChI is InChI=1S/C13H23NO2/c1-5-14-13(10(2)6-7-15-4)12-8-11(3)16-9-12/h8-10,13-14H,5-7H2,1-4H3. The summed E-state index contributed by atoms with van der Waals surface area (Å²) in [6.45, 7) is 8.12. The first kappa shape index (κ1) is 13.3. The van der Waals surface area contributed by atoms with Gasteiger partial charge in [0.2, 0.25) is 0 Å². The van der Waals surface area contributed by atoms with Gasteiger partial charge >= 0.3 is 0 Å². The minimum atomic E-state index is 0.359. The summed E-state index contributed by atoms with van der Waals surface area (Å²) in [5.41, 5.74) is 1.24. The Morgan fingerprint density at radius 2 is 2.25 bits per heavy atom. The molecular weight excluding hydrogens is 202 g/mol. The number of aryl methyl sites for hydroxylation is 1. The Balaban J connectivity index is 2.66. The summed E-state index contributed by atoms with van der Waals surface area (Å²) in [6.07, 6.45) is 2.91. The SMILES string of the molecule is CCNC(c1coc(C)c1)C(C)CCOC. The maximum absolute atomic E-state index is 5.38. The van der Waals surface area contributed by atoms with E-state index >= 15 is 0 Å². The fraction of sp³-hybridized carbons (Fsp3) is 0.692. The highest BCUT2D eigenvalue weighted by Crippen LogP contribution is 2.26. The molecule has 1 rings (SSSR count). The molecule has 0 aromatic carbocycles. The lowest BCUT2D eigenvalue weighted by molar-refractivity contribution is 0.170. The van der Waals surface area contributed by atoms with Gasteiger partial charge in [-0.15, -0.1) is 0 Å². The molecule has 2 unspecified atom stereocenters. The van der Waals surface area contributed by atoms with Gasteiger partial charge in [0.1, 0.15) is 5.76 Å². The second kappa shape index (κ2) is 6.71. The molecular formula is C13H23NO2. The largest absolute Gasteiger partial charge is 0.469 e. The van der Waals surface area contributed by atoms with E-state index in [2.05, 4.69) is 25.2 Å². The molecule has 1 heterocycles. The Hall–Kier alpha value is -0.800. The third-order valence-corrected chi connectivity index (χ3v) is 2.88. The van der Waals surface area contributed by atoms with Crippen molar-refractivity contribution in [3.05, 3.63) is 23.7 Å². The fourth-order valence-electron chi connectivity index (χ4n) is 1.96. The zero-order valence-corrected chi connectivity index (χ0v) is 10.7. The lowest BCUT2D eigenvalue weighted by Crippen LogP contribution is -2.27. The molecule has 1 aromatic heterocycles. The third kappa shape index (κ3) is 3.65. The van der Waals surface area contributed by atoms with Gasteiger partial charge in [-0.2, -0.15) is 0 Å². The van der Waals surface area contributed by atoms with Crippen LogP contribution in [-0.2, 0) is 4.74 Å². The maximum Gasteiger partial charge on any atom is 0.101 e. The highest BCUT2D eigenvalue weighted by molar-refractivity contribution is 5.17. The van der Waals surface area contributed by atoms with Crippen molar-refractivity contribution in [1.29, 1.82) is 0 Å². The van der Waals surface area contributed by atoms with Crippen molar-refractivity contribution in [3.63, 3.8) is 0 Å². The van der Waals surface area contributed by atoms with E-state index in [0.717, 1.165) is 25.3 Å². The van der Waals surface area contributed by atoms with Gasteiger partial charge < -0.3 is 14.5 Å². The van der Waals surface area contributed by atoms with Crippen molar-refractivity contribution < 1.29 is 9.15 Å². The van der Waals surface area contributed by atoms with Crippen LogP contribution in [0.25, 0.3) is 0 Å². The lowest BCUT2D eigenvalue weighted by Gasteiger charge is -2.23. The predicted molar refractivity (Wildman–Crippen MR) is 65.5 cm³/mol. The van der Waals surface area contributed by atoms with E-state index in [1.807, 2.05) is 13.2 Å². The van der Waals surface area contributed by atoms with Gasteiger partial charge in [0.15, 0.2) is 0 Å². The quantitative estimate of drug-likeness (QED) is 0.774. The van der Waals surface area contributed by atoms with Crippen LogP contribution in [0.3, 0.4) is 0 Å². The van der Waals surface area contributed by atoms with Gasteiger partial charge in [-0.05, 0) is 31.9 Å². The number of furan rings is 1. The minimum Gasteiger partial charge on any atom is -0.469 e. The van der Waals surface area contributed by atoms with Crippen LogP contribution in [0.5, 0.6) is 0 Å². The van der Waals surface area contributed by atoms with Crippen LogP contribution < -0.4 is 5.32 Å². The molecule has 0 saturated carbocycles. The summed E-state index contributed by atoms with van der Waals surface area (Å²) in [6, 6.07) is 2.47. The number of nitrogens with one attached hydrogen (secondary N) is 1. The molecule has 1 N–H and O–H groups in total. The molecule has 0 bridgehead atoms. The first-order valence-electron chi connectivity index (χ1n) is 5.96. The Labute approximate surface area is 98.2 Å². The molecule has 1 aromatic rings. The van der Waals surface area contributed by atoms with Gasteiger partial charge in [0.05, 0.1) is 6.26 Å². The van der Waals surface area contributed by atoms with Crippen molar-refractivity contribution >= 4 is 0 Å². The van der Waals surface area contributed by atoms with E-state index in [-0.39, 0.29) is 0 Å². The minimum absolute atomic E-state index is 0.359. The third-order valence-electron chi connectivity index (χ3n) is 2.88. The normalized spacial score (nSPS) is 15.0. The zero-order valence-electron chi connectivity index (χ0n) is 10.7. The Morgan fingerprint density at radius 1 is 1.50 bits per heavy atom. The highest BCUT2D eigenvalue weighted by Gasteiger charge is 2.19. The number of methoxy groups -OCH3 is 1. The number of rotatable bonds is 7. The van der Waals surface area contributed by atoms with Crippen LogP contribution in [0.4, 0.5) is 0 Å². The predicted octanol–water partition coefficient (Wildman–Crippen LogP) is 2.91. The summed E-state index contributed by atoms with van der Waals surface area (Å²) < 4.78 is 10.5. The molecule has 0 amide bonds. The van der Waals surface area contributed by atoms with E-state index in [0.29, 0.717) is 12.0 Å². The monoisotopic (exact) mass is 225 g/mol. The summed E-state index contributed by atoms with van der Waals surface area (Å²) >= 11 is 0. The Bertz CT molecular complexity index is 296. The van der Waals surface area contributed by atoms with Crippen molar-refractivity contribution in [2.24, 2.45) is 5.92 Å². The molecule has 0 radical (unpaired) electrons. The smallest absolute Gasteiger partial charge is 0.101 e. The first-order valence-corrected chi connectivity index (χ1v) is 5.96. The van der Waals surface area contributed by atoms with Crippen molar-refractivity contribution in [3.8, 4) is 0 Å². The van der Waals surface area contributed by atoms with Gasteiger partial charge in [0.25, 0.3) is 0 Å². The van der Waals surface area contributed by atoms with Crippen LogP contribution in [0.1, 0.15) is 37.6 Å². The van der Waals surface area contributed by atoms with E-state index in [9.17, 15) is 0 Å². The summed E-state index contributed by atoms with van der Waals surface area (Å²) in [4.78, 5) is 0. The second-order valence-corrected chi connectivity index (χ2v) is 4.28. The van der Waals surface area contributed by atoms with Crippen LogP contribution >= 0.6 is 0 Å². The summed E-state index contributed by atoms with van der Waals surface area (Å²) in [7, 11) is 1.75. The molecule has 3 nitrogen and oxygen atoms in total. The number of hydrogen-bond acceptors (Lipinski definition) is 3. The van der Waals surface area contributed by atoms with Crippen LogP contribution in [-0.4, -0.2) is 20.3 Å². The van der Waals surface area contributed by atoms with E-state index in [1.54, 1.807) is 7.11 Å². The highest BCUT2D eigenvalue weighted by atomic mass is 16.5. The average molecular weight is 225 g/mol. The first-order chi connectivity index (χ1) is 7.69. The van der Waals surface area contributed by atoms with Crippen LogP contribution in [0.2, 0.25) is 0 Å². The van der Waals surface area contributed by atoms with Crippen molar-refractivity contribution in [2.75, 3.05) is 20.3 Å². The summed E-state index contributed by atoms with van der Waals surface area (Å²) in [5, 5.41) is 3.51. The zero-order chi connectivity index (χ0) is 12.0. The van der Waals surface area contributed by atoms with E-state index < -0.39 is 0 Å². The average Bonchev–Trinajstić information content (AvgIpc) is 2.69. The van der Waals surface area contributed by atoms with Crippen molar-refractivity contribution in [1.82, 2.24) is 5.32 Å². The molecule has 0 spiro atoms. The molecule has 3 heteroatoms. The molecule has 0 aliphatic carbocycles. The fourth-order valence-corrected chi connectivity index (χ4v) is 1.96. The Kier molecular flexibility index (Phi) is 5.56. The number of hydrogen-bond donors (Lipinski definition) is 1. The molecule has 2 atom stereocenters. The molecule has 16 heavy (non-hydrogen) atoms. The molecule has 92 valence electrons.